The summed E-state index contributed by atoms with van der Waals surface area (Å²) in [6.07, 6.45) is 2.69. The molecule has 0 saturated carbocycles. The van der Waals surface area contributed by atoms with Crippen LogP contribution in [0.15, 0.2) is 115 Å². The Balaban J connectivity index is 1.37. The van der Waals surface area contributed by atoms with Crippen LogP contribution < -0.4 is 20.5 Å². The van der Waals surface area contributed by atoms with Gasteiger partial charge in [-0.05, 0) is 82.1 Å². The van der Waals surface area contributed by atoms with Crippen LogP contribution in [0.5, 0.6) is 5.75 Å². The number of carboxylic acid groups (broad SMARTS) is 1. The Bertz CT molecular complexity index is 2990. The zero-order valence-electron chi connectivity index (χ0n) is 32.8. The van der Waals surface area contributed by atoms with Crippen molar-refractivity contribution in [2.75, 3.05) is 35.4 Å². The van der Waals surface area contributed by atoms with Crippen LogP contribution in [0.3, 0.4) is 0 Å². The number of azo groups is 1. The maximum Gasteiger partial charge on any atom is 0.444 e. The molecule has 6 aromatic rings. The summed E-state index contributed by atoms with van der Waals surface area (Å²) in [5.74, 6) is -2.79. The van der Waals surface area contributed by atoms with E-state index in [1.807, 2.05) is 0 Å². The number of nitrogens with one attached hydrogen (secondary N) is 3. The number of aromatic hydroxyl groups is 1. The molecule has 0 bridgehead atoms. The number of anilines is 5. The molecule has 2 aromatic heterocycles. The third kappa shape index (κ3) is 13.1. The molecule has 0 radical (unpaired) electrons. The summed E-state index contributed by atoms with van der Waals surface area (Å²) in [6.45, 7) is -0.856. The van der Waals surface area contributed by atoms with Gasteiger partial charge >= 0.3 is 34.2 Å². The number of carbonyl (C=O) groups is 1. The molecular weight excluding hydrogens is 983 g/mol. The highest BCUT2D eigenvalue weighted by molar-refractivity contribution is 7.95. The van der Waals surface area contributed by atoms with Gasteiger partial charge in [0.25, 0.3) is 0 Å². The van der Waals surface area contributed by atoms with Crippen LogP contribution in [0.1, 0.15) is 10.4 Å². The number of pyridine rings is 1. The Morgan fingerprint density at radius 1 is 0.803 bits per heavy atom. The SMILES string of the molecule is CNc1c(SOOO)cc2cc(SOOO)cc(O)c2c1N=Nc1ccc(Nc2nc(Nc3cccc(S(=O)(=O)CCOS(=O)(=O)O)c3)nc(-[n+]3cccc(C(=O)O)c3)n2)cc1SOOO. The predicted molar refractivity (Wildman–Crippen MR) is 229 cm³/mol. The van der Waals surface area contributed by atoms with Crippen molar-refractivity contribution >= 4 is 113 Å². The minimum Gasteiger partial charge on any atom is -0.507 e. The number of phenolic OH excluding ortho intramolecular Hbond substituents is 1. The fraction of sp³-hybridized carbons (Fsp3) is 0.0882. The third-order valence-electron chi connectivity index (χ3n) is 8.26. The van der Waals surface area contributed by atoms with Crippen LogP contribution in [0.4, 0.5) is 40.3 Å². The molecule has 348 valence electrons. The van der Waals surface area contributed by atoms with Gasteiger partial charge in [0.1, 0.15) is 17.1 Å². The van der Waals surface area contributed by atoms with Gasteiger partial charge in [-0.25, -0.2) is 37.7 Å². The Kier molecular flexibility index (Phi) is 16.9. The van der Waals surface area contributed by atoms with Gasteiger partial charge < -0.3 is 26.2 Å². The lowest BCUT2D eigenvalue weighted by atomic mass is 10.1. The molecule has 66 heavy (non-hydrogen) atoms. The molecule has 0 atom stereocenters. The van der Waals surface area contributed by atoms with Crippen molar-refractivity contribution in [3.05, 3.63) is 90.8 Å². The van der Waals surface area contributed by atoms with Gasteiger partial charge in [-0.1, -0.05) is 21.2 Å². The topological polar surface area (TPSA) is 375 Å². The summed E-state index contributed by atoms with van der Waals surface area (Å²) < 4.78 is 75.9. The highest BCUT2D eigenvalue weighted by atomic mass is 32.3. The Labute approximate surface area is 383 Å². The molecule has 0 unspecified atom stereocenters. The number of carboxylic acids is 1. The number of sulfone groups is 1. The molecule has 0 spiro atoms. The molecule has 0 aliphatic heterocycles. The third-order valence-corrected chi connectivity index (χ3v) is 12.2. The highest BCUT2D eigenvalue weighted by Gasteiger charge is 2.23. The van der Waals surface area contributed by atoms with Crippen LogP contribution in [0, 0.1) is 0 Å². The van der Waals surface area contributed by atoms with Gasteiger partial charge in [0.2, 0.25) is 0 Å². The first-order valence-corrected chi connectivity index (χ1v) is 22.9. The van der Waals surface area contributed by atoms with Gasteiger partial charge in [0, 0.05) is 23.3 Å². The van der Waals surface area contributed by atoms with E-state index in [1.54, 1.807) is 19.2 Å². The molecule has 0 amide bonds. The van der Waals surface area contributed by atoms with E-state index in [2.05, 4.69) is 69.1 Å². The second-order valence-corrected chi connectivity index (χ2v) is 17.8. The number of hydrogen-bond acceptors (Lipinski definition) is 27. The van der Waals surface area contributed by atoms with Crippen LogP contribution in [-0.2, 0) is 52.5 Å². The lowest BCUT2D eigenvalue weighted by Crippen LogP contribution is -2.34. The first-order valence-electron chi connectivity index (χ1n) is 17.6. The zero-order chi connectivity index (χ0) is 47.4. The molecule has 2 heterocycles. The fourth-order valence-electron chi connectivity index (χ4n) is 5.62. The minimum atomic E-state index is -4.88. The number of benzene rings is 4. The van der Waals surface area contributed by atoms with E-state index in [-0.39, 0.29) is 77.7 Å². The Hall–Kier alpha value is -5.92. The Morgan fingerprint density at radius 3 is 2.15 bits per heavy atom. The average molecular weight is 1010 g/mol. The van der Waals surface area contributed by atoms with E-state index < -0.39 is 38.6 Å². The molecule has 0 fully saturated rings. The summed E-state index contributed by atoms with van der Waals surface area (Å²) in [7, 11) is -7.48. The molecule has 32 heteroatoms. The van der Waals surface area contributed by atoms with E-state index >= 15 is 0 Å². The molecule has 27 nitrogen and oxygen atoms in total. The molecule has 0 aliphatic carbocycles. The smallest absolute Gasteiger partial charge is 0.444 e. The summed E-state index contributed by atoms with van der Waals surface area (Å²) >= 11 is 1.65. The quantitative estimate of drug-likeness (QED) is 0.00822. The maximum absolute atomic E-state index is 12.9. The van der Waals surface area contributed by atoms with E-state index in [4.69, 9.17) is 24.7 Å². The fourth-order valence-corrected chi connectivity index (χ4v) is 8.63. The molecule has 0 aliphatic rings. The minimum absolute atomic E-state index is 0.0569. The lowest BCUT2D eigenvalue weighted by molar-refractivity contribution is -0.603. The van der Waals surface area contributed by atoms with Crippen molar-refractivity contribution in [2.24, 2.45) is 10.2 Å². The second-order valence-electron chi connectivity index (χ2n) is 12.4. The average Bonchev–Trinajstić information content (AvgIpc) is 3.28. The van der Waals surface area contributed by atoms with Crippen LogP contribution >= 0.6 is 36.1 Å². The van der Waals surface area contributed by atoms with Crippen molar-refractivity contribution in [1.29, 1.82) is 0 Å². The number of hydrogen-bond donors (Lipinski definition) is 9. The summed E-state index contributed by atoms with van der Waals surface area (Å²) in [4.78, 5) is 25.5. The maximum atomic E-state index is 12.9. The number of rotatable bonds is 23. The molecule has 6 rings (SSSR count). The number of aromatic nitrogens is 4. The van der Waals surface area contributed by atoms with Gasteiger partial charge in [-0.15, -0.1) is 28.2 Å². The lowest BCUT2D eigenvalue weighted by Gasteiger charge is -2.15. The first kappa shape index (κ1) is 49.5. The standard InChI is InChI=1S/C34H29N9O18S5/c1-35-29-27(64-61-58-49)13-19-12-22(62-59-56-47)16-25(44)28(19)30(29)42-41-24-8-7-21(15-26(24)63-60-57-48)37-33-38-32(39-34(40-33)43-9-3-4-18(17-43)31(45)46)36-20-5-2-6-23(14-20)65(50,51)11-10-55-66(52,53)54/h2-9,12-17,35H,10-11H2,1H3,(H7-,36,37,38,39,40,44,45,46,47,48,49,52,53,54)/p+1. The highest BCUT2D eigenvalue weighted by Crippen LogP contribution is 2.47. The number of phenols is 1. The summed E-state index contributed by atoms with van der Waals surface area (Å²) in [6, 6.07) is 16.9. The Morgan fingerprint density at radius 2 is 1.48 bits per heavy atom. The monoisotopic (exact) mass is 1010 g/mol. The molecule has 0 saturated heterocycles. The molecular formula is C34H30N9O18S5+. The number of aromatic carboxylic acids is 1. The van der Waals surface area contributed by atoms with E-state index in [1.165, 1.54) is 77.6 Å². The zero-order valence-corrected chi connectivity index (χ0v) is 36.9. The molecule has 9 N–H and O–H groups in total. The summed E-state index contributed by atoms with van der Waals surface area (Å²) in [5.41, 5.74) is 0.681. The second kappa shape index (κ2) is 22.5. The van der Waals surface area contributed by atoms with E-state index in [0.29, 0.717) is 46.4 Å². The first-order chi connectivity index (χ1) is 31.6. The van der Waals surface area contributed by atoms with Crippen molar-refractivity contribution in [2.45, 2.75) is 19.6 Å². The largest absolute Gasteiger partial charge is 0.507 e. The van der Waals surface area contributed by atoms with E-state index in [0.717, 1.165) is 0 Å². The van der Waals surface area contributed by atoms with Crippen molar-refractivity contribution in [3.63, 3.8) is 0 Å². The van der Waals surface area contributed by atoms with E-state index in [9.17, 15) is 31.8 Å². The molecule has 4 aromatic carbocycles. The van der Waals surface area contributed by atoms with Crippen molar-refractivity contribution in [1.82, 2.24) is 15.0 Å². The predicted octanol–water partition coefficient (Wildman–Crippen LogP) is 6.53. The van der Waals surface area contributed by atoms with Crippen LogP contribution in [0.25, 0.3) is 16.7 Å². The van der Waals surface area contributed by atoms with Crippen LogP contribution in [0.2, 0.25) is 0 Å². The van der Waals surface area contributed by atoms with Crippen LogP contribution in [-0.4, -0.2) is 87.7 Å². The number of nitrogens with zero attached hydrogens (tertiary/aromatic N) is 6. The summed E-state index contributed by atoms with van der Waals surface area (Å²) in [5, 5.41) is 76.6. The van der Waals surface area contributed by atoms with Gasteiger partial charge in [0.15, 0.2) is 9.84 Å². The number of fused-ring (bicyclic) bond motifs is 1. The van der Waals surface area contributed by atoms with Crippen molar-refractivity contribution < 1.29 is 89.0 Å². The van der Waals surface area contributed by atoms with Gasteiger partial charge in [-0.2, -0.15) is 8.42 Å². The van der Waals surface area contributed by atoms with Gasteiger partial charge in [0.05, 0.1) is 92.2 Å². The van der Waals surface area contributed by atoms with Gasteiger partial charge in [-0.3, -0.25) is 4.55 Å². The van der Waals surface area contributed by atoms with Crippen molar-refractivity contribution in [3.8, 4) is 11.7 Å². The normalized spacial score (nSPS) is 11.9.